The highest BCUT2D eigenvalue weighted by Crippen LogP contribution is 2.29. The van der Waals surface area contributed by atoms with E-state index in [2.05, 4.69) is 5.32 Å². The van der Waals surface area contributed by atoms with Gasteiger partial charge in [0.05, 0.1) is 19.7 Å². The molecule has 0 aromatic heterocycles. The summed E-state index contributed by atoms with van der Waals surface area (Å²) in [6.45, 7) is 2.18. The van der Waals surface area contributed by atoms with Gasteiger partial charge in [0.1, 0.15) is 11.8 Å². The van der Waals surface area contributed by atoms with Gasteiger partial charge in [0.25, 0.3) is 0 Å². The van der Waals surface area contributed by atoms with Crippen LogP contribution in [0.5, 0.6) is 0 Å². The largest absolute Gasteiger partial charge is 0.378 e. The summed E-state index contributed by atoms with van der Waals surface area (Å²) in [7, 11) is 1.69. The molecular formula is C15H20N2O3. The molecule has 2 aliphatic rings. The van der Waals surface area contributed by atoms with E-state index in [0.29, 0.717) is 26.3 Å². The number of benzene rings is 1. The zero-order valence-electron chi connectivity index (χ0n) is 11.7. The zero-order chi connectivity index (χ0) is 14.0. The average molecular weight is 276 g/mol. The highest BCUT2D eigenvalue weighted by Gasteiger charge is 2.42. The zero-order valence-corrected chi connectivity index (χ0v) is 11.7. The molecule has 1 N–H and O–H groups in total. The molecule has 1 aromatic rings. The van der Waals surface area contributed by atoms with Gasteiger partial charge < -0.3 is 14.4 Å². The van der Waals surface area contributed by atoms with Crippen molar-refractivity contribution in [2.45, 2.75) is 18.2 Å². The number of rotatable bonds is 4. The summed E-state index contributed by atoms with van der Waals surface area (Å²) >= 11 is 0. The lowest BCUT2D eigenvalue weighted by Crippen LogP contribution is -2.47. The van der Waals surface area contributed by atoms with Crippen LogP contribution in [0, 0.1) is 0 Å². The summed E-state index contributed by atoms with van der Waals surface area (Å²) in [5.41, 5.74) is 0.734. The van der Waals surface area contributed by atoms with Crippen molar-refractivity contribution in [1.82, 2.24) is 10.2 Å². The van der Waals surface area contributed by atoms with Crippen LogP contribution in [-0.2, 0) is 14.3 Å². The quantitative estimate of drug-likeness (QED) is 0.888. The number of hydrogen-bond donors (Lipinski definition) is 1. The van der Waals surface area contributed by atoms with Crippen LogP contribution >= 0.6 is 0 Å². The van der Waals surface area contributed by atoms with Gasteiger partial charge in [0, 0.05) is 20.1 Å². The Morgan fingerprint density at radius 3 is 2.90 bits per heavy atom. The van der Waals surface area contributed by atoms with Gasteiger partial charge in [-0.05, 0) is 5.56 Å². The first-order valence-corrected chi connectivity index (χ1v) is 6.95. The molecule has 5 heteroatoms. The van der Waals surface area contributed by atoms with Gasteiger partial charge in [0.2, 0.25) is 5.91 Å². The van der Waals surface area contributed by atoms with E-state index in [1.807, 2.05) is 35.2 Å². The predicted molar refractivity (Wildman–Crippen MR) is 74.1 cm³/mol. The SMILES string of the molecule is COC1(CN2C(=O)CNC2c2ccccc2)CCOC1. The molecule has 0 saturated carbocycles. The van der Waals surface area contributed by atoms with Crippen LogP contribution in [0.3, 0.4) is 0 Å². The molecule has 20 heavy (non-hydrogen) atoms. The topological polar surface area (TPSA) is 50.8 Å². The van der Waals surface area contributed by atoms with Crippen molar-refractivity contribution in [2.24, 2.45) is 0 Å². The van der Waals surface area contributed by atoms with Gasteiger partial charge in [0.15, 0.2) is 0 Å². The molecule has 0 spiro atoms. The molecule has 2 fully saturated rings. The van der Waals surface area contributed by atoms with E-state index in [4.69, 9.17) is 9.47 Å². The molecule has 0 bridgehead atoms. The maximum atomic E-state index is 12.2. The van der Waals surface area contributed by atoms with Gasteiger partial charge >= 0.3 is 0 Å². The number of nitrogens with zero attached hydrogens (tertiary/aromatic N) is 1. The second-order valence-electron chi connectivity index (χ2n) is 5.41. The van der Waals surface area contributed by atoms with Crippen LogP contribution in [0.2, 0.25) is 0 Å². The van der Waals surface area contributed by atoms with E-state index in [9.17, 15) is 4.79 Å². The van der Waals surface area contributed by atoms with Crippen LogP contribution in [0.4, 0.5) is 0 Å². The second-order valence-corrected chi connectivity index (χ2v) is 5.41. The molecule has 1 aromatic carbocycles. The Morgan fingerprint density at radius 2 is 2.25 bits per heavy atom. The van der Waals surface area contributed by atoms with Crippen LogP contribution in [-0.4, -0.2) is 49.8 Å². The standard InChI is InChI=1S/C15H20N2O3/c1-19-15(7-8-20-11-15)10-17-13(18)9-16-14(17)12-5-3-2-4-6-12/h2-6,14,16H,7-11H2,1H3. The predicted octanol–water partition coefficient (Wildman–Crippen LogP) is 0.922. The summed E-state index contributed by atoms with van der Waals surface area (Å²) in [6.07, 6.45) is 0.755. The Bertz CT molecular complexity index is 471. The lowest BCUT2D eigenvalue weighted by atomic mass is 10.0. The van der Waals surface area contributed by atoms with E-state index in [1.165, 1.54) is 0 Å². The molecule has 0 aliphatic carbocycles. The van der Waals surface area contributed by atoms with Crippen molar-refractivity contribution < 1.29 is 14.3 Å². The van der Waals surface area contributed by atoms with Gasteiger partial charge in [-0.3, -0.25) is 10.1 Å². The minimum Gasteiger partial charge on any atom is -0.378 e. The summed E-state index contributed by atoms with van der Waals surface area (Å²) in [5, 5.41) is 3.27. The van der Waals surface area contributed by atoms with Gasteiger partial charge in [-0.1, -0.05) is 30.3 Å². The van der Waals surface area contributed by atoms with E-state index in [0.717, 1.165) is 12.0 Å². The van der Waals surface area contributed by atoms with E-state index in [1.54, 1.807) is 7.11 Å². The fraction of sp³-hybridized carbons (Fsp3) is 0.533. The molecule has 1 amide bonds. The van der Waals surface area contributed by atoms with E-state index in [-0.39, 0.29) is 17.7 Å². The fourth-order valence-corrected chi connectivity index (χ4v) is 2.90. The Kier molecular flexibility index (Phi) is 3.74. The number of amides is 1. The molecule has 2 aliphatic heterocycles. The van der Waals surface area contributed by atoms with E-state index >= 15 is 0 Å². The minimum absolute atomic E-state index is 0.0728. The first-order chi connectivity index (χ1) is 9.74. The smallest absolute Gasteiger partial charge is 0.238 e. The summed E-state index contributed by atoms with van der Waals surface area (Å²) in [5.74, 6) is 0.113. The maximum Gasteiger partial charge on any atom is 0.238 e. The third-order valence-electron chi connectivity index (χ3n) is 4.15. The normalized spacial score (nSPS) is 30.1. The highest BCUT2D eigenvalue weighted by molar-refractivity contribution is 5.81. The van der Waals surface area contributed by atoms with Gasteiger partial charge in [-0.15, -0.1) is 0 Å². The average Bonchev–Trinajstić information content (AvgIpc) is 3.09. The number of methoxy groups -OCH3 is 1. The molecule has 0 radical (unpaired) electrons. The highest BCUT2D eigenvalue weighted by atomic mass is 16.5. The molecule has 2 atom stereocenters. The van der Waals surface area contributed by atoms with Crippen molar-refractivity contribution in [3.8, 4) is 0 Å². The van der Waals surface area contributed by atoms with Crippen molar-refractivity contribution >= 4 is 5.91 Å². The summed E-state index contributed by atoms with van der Waals surface area (Å²) in [4.78, 5) is 14.0. The number of carbonyl (C=O) groups is 1. The van der Waals surface area contributed by atoms with Crippen molar-refractivity contribution in [3.05, 3.63) is 35.9 Å². The molecule has 2 unspecified atom stereocenters. The van der Waals surface area contributed by atoms with Crippen LogP contribution < -0.4 is 5.32 Å². The number of hydrogen-bond acceptors (Lipinski definition) is 4. The summed E-state index contributed by atoms with van der Waals surface area (Å²) < 4.78 is 11.1. The van der Waals surface area contributed by atoms with Gasteiger partial charge in [-0.2, -0.15) is 0 Å². The van der Waals surface area contributed by atoms with Crippen LogP contribution in [0.1, 0.15) is 18.2 Å². The van der Waals surface area contributed by atoms with Crippen LogP contribution in [0.25, 0.3) is 0 Å². The Morgan fingerprint density at radius 1 is 1.45 bits per heavy atom. The third-order valence-corrected chi connectivity index (χ3v) is 4.15. The number of nitrogens with one attached hydrogen (secondary N) is 1. The Labute approximate surface area is 118 Å². The maximum absolute atomic E-state index is 12.2. The van der Waals surface area contributed by atoms with Crippen LogP contribution in [0.15, 0.2) is 30.3 Å². The first-order valence-electron chi connectivity index (χ1n) is 6.95. The molecule has 2 saturated heterocycles. The Hall–Kier alpha value is -1.43. The second kappa shape index (κ2) is 5.52. The third kappa shape index (κ3) is 2.44. The minimum atomic E-state index is -0.366. The van der Waals surface area contributed by atoms with Crippen molar-refractivity contribution in [2.75, 3.05) is 33.4 Å². The molecule has 5 nitrogen and oxygen atoms in total. The summed E-state index contributed by atoms with van der Waals surface area (Å²) in [6, 6.07) is 10.0. The number of ether oxygens (including phenoxy) is 2. The first kappa shape index (κ1) is 13.5. The molecule has 108 valence electrons. The fourth-order valence-electron chi connectivity index (χ4n) is 2.90. The molecule has 3 rings (SSSR count). The van der Waals surface area contributed by atoms with Crippen molar-refractivity contribution in [1.29, 1.82) is 0 Å². The lowest BCUT2D eigenvalue weighted by Gasteiger charge is -2.34. The molecule has 2 heterocycles. The monoisotopic (exact) mass is 276 g/mol. The Balaban J connectivity index is 1.80. The molecular weight excluding hydrogens is 256 g/mol. The van der Waals surface area contributed by atoms with E-state index < -0.39 is 0 Å². The van der Waals surface area contributed by atoms with Crippen molar-refractivity contribution in [3.63, 3.8) is 0 Å². The number of carbonyl (C=O) groups excluding carboxylic acids is 1. The lowest BCUT2D eigenvalue weighted by molar-refractivity contribution is -0.133. The van der Waals surface area contributed by atoms with Gasteiger partial charge in [-0.25, -0.2) is 0 Å².